The zero-order valence-corrected chi connectivity index (χ0v) is 17.0. The number of nitrogens with one attached hydrogen (secondary N) is 1. The Morgan fingerprint density at radius 2 is 1.89 bits per heavy atom. The fraction of sp³-hybridized carbons (Fsp3) is 0.190. The molecule has 0 unspecified atom stereocenters. The van der Waals surface area contributed by atoms with Crippen LogP contribution in [0.15, 0.2) is 53.6 Å². The lowest BCUT2D eigenvalue weighted by molar-refractivity contribution is -0.113. The molecule has 0 aliphatic rings. The van der Waals surface area contributed by atoms with Gasteiger partial charge in [0.2, 0.25) is 5.91 Å². The van der Waals surface area contributed by atoms with Gasteiger partial charge >= 0.3 is 0 Å². The minimum absolute atomic E-state index is 0.106. The maximum Gasteiger partial charge on any atom is 0.234 e. The fourth-order valence-electron chi connectivity index (χ4n) is 2.71. The number of hydrogen-bond acceptors (Lipinski definition) is 4. The SMILES string of the molecule is Cc1ccc(-c2ccc(SCC(=O)Nc3cccc(Cl)c3C)nn2)c(C)c1. The Balaban J connectivity index is 1.61. The van der Waals surface area contributed by atoms with Crippen molar-refractivity contribution in [3.63, 3.8) is 0 Å². The van der Waals surface area contributed by atoms with Crippen molar-refractivity contribution in [3.8, 4) is 11.3 Å². The monoisotopic (exact) mass is 397 g/mol. The van der Waals surface area contributed by atoms with Crippen LogP contribution in [0.4, 0.5) is 5.69 Å². The zero-order chi connectivity index (χ0) is 19.4. The van der Waals surface area contributed by atoms with Gasteiger partial charge in [-0.3, -0.25) is 4.79 Å². The van der Waals surface area contributed by atoms with Gasteiger partial charge in [-0.1, -0.05) is 53.2 Å². The summed E-state index contributed by atoms with van der Waals surface area (Å²) in [5, 5.41) is 12.8. The van der Waals surface area contributed by atoms with Crippen molar-refractivity contribution in [2.24, 2.45) is 0 Å². The Hall–Kier alpha value is -2.37. The lowest BCUT2D eigenvalue weighted by Gasteiger charge is -2.09. The number of nitrogens with zero attached hydrogens (tertiary/aromatic N) is 2. The summed E-state index contributed by atoms with van der Waals surface area (Å²) >= 11 is 7.43. The van der Waals surface area contributed by atoms with Crippen molar-refractivity contribution in [2.45, 2.75) is 25.8 Å². The van der Waals surface area contributed by atoms with Crippen LogP contribution >= 0.6 is 23.4 Å². The molecule has 2 aromatic carbocycles. The highest BCUT2D eigenvalue weighted by molar-refractivity contribution is 7.99. The van der Waals surface area contributed by atoms with E-state index in [0.717, 1.165) is 22.5 Å². The molecular formula is C21H20ClN3OS. The van der Waals surface area contributed by atoms with E-state index in [1.165, 1.54) is 22.9 Å². The first-order valence-electron chi connectivity index (χ1n) is 8.53. The molecule has 4 nitrogen and oxygen atoms in total. The summed E-state index contributed by atoms with van der Waals surface area (Å²) in [6, 6.07) is 15.5. The second-order valence-corrected chi connectivity index (χ2v) is 7.73. The maximum absolute atomic E-state index is 12.2. The molecule has 0 aliphatic heterocycles. The summed E-state index contributed by atoms with van der Waals surface area (Å²) in [6.45, 7) is 6.01. The van der Waals surface area contributed by atoms with Crippen molar-refractivity contribution in [1.29, 1.82) is 0 Å². The average Bonchev–Trinajstić information content (AvgIpc) is 2.64. The Labute approximate surface area is 168 Å². The van der Waals surface area contributed by atoms with Crippen LogP contribution in [-0.2, 0) is 4.79 Å². The molecule has 0 saturated carbocycles. The van der Waals surface area contributed by atoms with Crippen molar-refractivity contribution in [3.05, 3.63) is 70.2 Å². The van der Waals surface area contributed by atoms with Crippen molar-refractivity contribution < 1.29 is 4.79 Å². The van der Waals surface area contributed by atoms with Gasteiger partial charge in [-0.05, 0) is 56.2 Å². The minimum atomic E-state index is -0.106. The van der Waals surface area contributed by atoms with E-state index >= 15 is 0 Å². The number of benzene rings is 2. The summed E-state index contributed by atoms with van der Waals surface area (Å²) in [5.74, 6) is 0.148. The predicted octanol–water partition coefficient (Wildman–Crippen LogP) is 5.45. The molecule has 0 fully saturated rings. The standard InChI is InChI=1S/C21H20ClN3OS/c1-13-7-8-16(14(2)11-13)19-9-10-21(25-24-19)27-12-20(26)23-18-6-4-5-17(22)15(18)3/h4-11H,12H2,1-3H3,(H,23,26). The summed E-state index contributed by atoms with van der Waals surface area (Å²) in [6.07, 6.45) is 0. The zero-order valence-electron chi connectivity index (χ0n) is 15.4. The van der Waals surface area contributed by atoms with Gasteiger partial charge in [-0.15, -0.1) is 10.2 Å². The van der Waals surface area contributed by atoms with Gasteiger partial charge in [0.1, 0.15) is 5.03 Å². The van der Waals surface area contributed by atoms with Crippen LogP contribution in [0.3, 0.4) is 0 Å². The van der Waals surface area contributed by atoms with Gasteiger partial charge in [0.25, 0.3) is 0 Å². The van der Waals surface area contributed by atoms with Gasteiger partial charge in [-0.2, -0.15) is 0 Å². The van der Waals surface area contributed by atoms with E-state index in [1.54, 1.807) is 6.07 Å². The number of amides is 1. The Morgan fingerprint density at radius 3 is 2.59 bits per heavy atom. The minimum Gasteiger partial charge on any atom is -0.325 e. The second kappa shape index (κ2) is 8.55. The molecule has 0 atom stereocenters. The summed E-state index contributed by atoms with van der Waals surface area (Å²) in [4.78, 5) is 12.2. The van der Waals surface area contributed by atoms with E-state index in [2.05, 4.69) is 47.6 Å². The van der Waals surface area contributed by atoms with E-state index < -0.39 is 0 Å². The van der Waals surface area contributed by atoms with Crippen molar-refractivity contribution >= 4 is 35.0 Å². The van der Waals surface area contributed by atoms with Gasteiger partial charge in [-0.25, -0.2) is 0 Å². The van der Waals surface area contributed by atoms with Crippen LogP contribution in [0.2, 0.25) is 5.02 Å². The van der Waals surface area contributed by atoms with E-state index in [9.17, 15) is 4.79 Å². The molecule has 138 valence electrons. The lowest BCUT2D eigenvalue weighted by atomic mass is 10.0. The van der Waals surface area contributed by atoms with Gasteiger partial charge in [0.05, 0.1) is 11.4 Å². The van der Waals surface area contributed by atoms with E-state index in [0.29, 0.717) is 10.0 Å². The highest BCUT2D eigenvalue weighted by Gasteiger charge is 2.09. The topological polar surface area (TPSA) is 54.9 Å². The third-order valence-electron chi connectivity index (χ3n) is 4.19. The van der Waals surface area contributed by atoms with Gasteiger partial charge in [0, 0.05) is 16.3 Å². The van der Waals surface area contributed by atoms with Crippen LogP contribution in [0.1, 0.15) is 16.7 Å². The third-order valence-corrected chi connectivity index (χ3v) is 5.52. The number of aromatic nitrogens is 2. The fourth-order valence-corrected chi connectivity index (χ4v) is 3.50. The molecule has 27 heavy (non-hydrogen) atoms. The van der Waals surface area contributed by atoms with E-state index in [1.807, 2.05) is 31.2 Å². The molecular weight excluding hydrogens is 378 g/mol. The molecule has 1 N–H and O–H groups in total. The Morgan fingerprint density at radius 1 is 1.07 bits per heavy atom. The number of aryl methyl sites for hydroxylation is 2. The number of carbonyl (C=O) groups excluding carboxylic acids is 1. The normalized spacial score (nSPS) is 10.7. The van der Waals surface area contributed by atoms with Gasteiger partial charge in [0.15, 0.2) is 0 Å². The predicted molar refractivity (Wildman–Crippen MR) is 112 cm³/mol. The summed E-state index contributed by atoms with van der Waals surface area (Å²) in [7, 11) is 0. The molecule has 3 aromatic rings. The number of carbonyl (C=O) groups is 1. The first kappa shape index (κ1) is 19.4. The Bertz CT molecular complexity index is 974. The number of rotatable bonds is 5. The number of halogens is 1. The third kappa shape index (κ3) is 4.87. The van der Waals surface area contributed by atoms with Crippen LogP contribution in [0, 0.1) is 20.8 Å². The quantitative estimate of drug-likeness (QED) is 0.581. The molecule has 6 heteroatoms. The second-order valence-electron chi connectivity index (χ2n) is 6.32. The van der Waals surface area contributed by atoms with Crippen molar-refractivity contribution in [1.82, 2.24) is 10.2 Å². The summed E-state index contributed by atoms with van der Waals surface area (Å²) < 4.78 is 0. The van der Waals surface area contributed by atoms with E-state index in [-0.39, 0.29) is 11.7 Å². The maximum atomic E-state index is 12.2. The molecule has 1 amide bonds. The molecule has 0 bridgehead atoms. The average molecular weight is 398 g/mol. The van der Waals surface area contributed by atoms with E-state index in [4.69, 9.17) is 11.6 Å². The molecule has 1 heterocycles. The lowest BCUT2D eigenvalue weighted by Crippen LogP contribution is -2.15. The highest BCUT2D eigenvalue weighted by Crippen LogP contribution is 2.25. The first-order valence-corrected chi connectivity index (χ1v) is 9.89. The Kier molecular flexibility index (Phi) is 6.14. The largest absolute Gasteiger partial charge is 0.325 e. The molecule has 1 aromatic heterocycles. The van der Waals surface area contributed by atoms with Crippen LogP contribution in [0.25, 0.3) is 11.3 Å². The van der Waals surface area contributed by atoms with Crippen LogP contribution in [0.5, 0.6) is 0 Å². The van der Waals surface area contributed by atoms with Crippen molar-refractivity contribution in [2.75, 3.05) is 11.1 Å². The van der Waals surface area contributed by atoms with Gasteiger partial charge < -0.3 is 5.32 Å². The molecule has 0 saturated heterocycles. The van der Waals surface area contributed by atoms with Crippen LogP contribution in [-0.4, -0.2) is 21.9 Å². The molecule has 3 rings (SSSR count). The smallest absolute Gasteiger partial charge is 0.234 e. The first-order chi connectivity index (χ1) is 12.9. The summed E-state index contributed by atoms with van der Waals surface area (Å²) in [5.41, 5.74) is 5.87. The highest BCUT2D eigenvalue weighted by atomic mass is 35.5. The molecule has 0 spiro atoms. The number of anilines is 1. The number of thioether (sulfide) groups is 1. The number of hydrogen-bond donors (Lipinski definition) is 1. The molecule has 0 aliphatic carbocycles. The molecule has 0 radical (unpaired) electrons. The van der Waals surface area contributed by atoms with Crippen LogP contribution < -0.4 is 5.32 Å².